The molecule has 0 bridgehead atoms. The molecule has 5 nitrogen and oxygen atoms in total. The fourth-order valence-corrected chi connectivity index (χ4v) is 2.36. The lowest BCUT2D eigenvalue weighted by molar-refractivity contribution is 0.0924. The van der Waals surface area contributed by atoms with Crippen LogP contribution in [0.4, 0.5) is 0 Å². The van der Waals surface area contributed by atoms with Crippen molar-refractivity contribution in [2.45, 2.75) is 38.6 Å². The van der Waals surface area contributed by atoms with Crippen LogP contribution in [0.5, 0.6) is 0 Å². The number of aromatic nitrogens is 2. The zero-order chi connectivity index (χ0) is 13.1. The van der Waals surface area contributed by atoms with Crippen LogP contribution in [-0.2, 0) is 7.05 Å². The van der Waals surface area contributed by atoms with Crippen molar-refractivity contribution in [3.63, 3.8) is 0 Å². The molecule has 2 rings (SSSR count). The monoisotopic (exact) mass is 250 g/mol. The lowest BCUT2D eigenvalue weighted by Gasteiger charge is -2.23. The highest BCUT2D eigenvalue weighted by molar-refractivity contribution is 5.92. The highest BCUT2D eigenvalue weighted by Crippen LogP contribution is 2.15. The maximum atomic E-state index is 12.1. The summed E-state index contributed by atoms with van der Waals surface area (Å²) < 4.78 is 1.79. The lowest BCUT2D eigenvalue weighted by Crippen LogP contribution is -2.42. The molecule has 100 valence electrons. The Labute approximate surface area is 108 Å². The molecule has 0 saturated carbocycles. The first kappa shape index (κ1) is 13.1. The van der Waals surface area contributed by atoms with Gasteiger partial charge in [-0.15, -0.1) is 0 Å². The van der Waals surface area contributed by atoms with Crippen LogP contribution in [0.25, 0.3) is 0 Å². The minimum atomic E-state index is -0.0515. The number of nitrogens with zero attached hydrogens (tertiary/aromatic N) is 2. The van der Waals surface area contributed by atoms with Gasteiger partial charge in [0.25, 0.3) is 5.91 Å². The van der Waals surface area contributed by atoms with E-state index in [1.807, 2.05) is 13.1 Å². The summed E-state index contributed by atoms with van der Waals surface area (Å²) in [4.78, 5) is 12.1. The molecule has 2 N–H and O–H groups in total. The Hall–Kier alpha value is -1.36. The summed E-state index contributed by atoms with van der Waals surface area (Å²) >= 11 is 0. The minimum absolute atomic E-state index is 0.0515. The first-order valence-corrected chi connectivity index (χ1v) is 6.63. The van der Waals surface area contributed by atoms with Crippen LogP contribution >= 0.6 is 0 Å². The number of nitrogens with one attached hydrogen (secondary N) is 2. The van der Waals surface area contributed by atoms with Gasteiger partial charge >= 0.3 is 0 Å². The molecule has 0 unspecified atom stereocenters. The molecule has 1 aromatic heterocycles. The molecular formula is C13H22N4O. The SMILES string of the molecule is CC(C)c1cc(C(=O)NC2CCNCC2)nn1C. The smallest absolute Gasteiger partial charge is 0.272 e. The van der Waals surface area contributed by atoms with Crippen molar-refractivity contribution in [1.82, 2.24) is 20.4 Å². The molecule has 5 heteroatoms. The van der Waals surface area contributed by atoms with Crippen LogP contribution in [0, 0.1) is 0 Å². The zero-order valence-corrected chi connectivity index (χ0v) is 11.4. The second-order valence-electron chi connectivity index (χ2n) is 5.23. The average Bonchev–Trinajstić information content (AvgIpc) is 2.73. The predicted octanol–water partition coefficient (Wildman–Crippen LogP) is 1.03. The van der Waals surface area contributed by atoms with Crippen molar-refractivity contribution >= 4 is 5.91 Å². The summed E-state index contributed by atoms with van der Waals surface area (Å²) in [5.41, 5.74) is 1.62. The number of carbonyl (C=O) groups is 1. The van der Waals surface area contributed by atoms with Crippen molar-refractivity contribution in [3.8, 4) is 0 Å². The number of rotatable bonds is 3. The number of aryl methyl sites for hydroxylation is 1. The molecule has 0 radical (unpaired) electrons. The minimum Gasteiger partial charge on any atom is -0.348 e. The summed E-state index contributed by atoms with van der Waals surface area (Å²) in [6.45, 7) is 6.16. The van der Waals surface area contributed by atoms with Gasteiger partial charge < -0.3 is 10.6 Å². The van der Waals surface area contributed by atoms with E-state index >= 15 is 0 Å². The Bertz CT molecular complexity index is 419. The predicted molar refractivity (Wildman–Crippen MR) is 70.7 cm³/mol. The summed E-state index contributed by atoms with van der Waals surface area (Å²) in [5.74, 6) is 0.326. The molecule has 1 saturated heterocycles. The summed E-state index contributed by atoms with van der Waals surface area (Å²) in [7, 11) is 1.89. The Kier molecular flexibility index (Phi) is 4.01. The lowest BCUT2D eigenvalue weighted by atomic mass is 10.1. The van der Waals surface area contributed by atoms with Crippen LogP contribution in [0.1, 0.15) is 48.8 Å². The maximum Gasteiger partial charge on any atom is 0.272 e. The average molecular weight is 250 g/mol. The fourth-order valence-electron chi connectivity index (χ4n) is 2.36. The largest absolute Gasteiger partial charge is 0.348 e. The van der Waals surface area contributed by atoms with Crippen molar-refractivity contribution < 1.29 is 4.79 Å². The molecule has 2 heterocycles. The third-order valence-corrected chi connectivity index (χ3v) is 3.41. The van der Waals surface area contributed by atoms with E-state index in [1.54, 1.807) is 4.68 Å². The molecule has 0 atom stereocenters. The molecule has 0 aromatic carbocycles. The summed E-state index contributed by atoms with van der Waals surface area (Å²) in [5, 5.41) is 10.6. The second-order valence-corrected chi connectivity index (χ2v) is 5.23. The Morgan fingerprint density at radius 2 is 2.17 bits per heavy atom. The van der Waals surface area contributed by atoms with Gasteiger partial charge in [-0.3, -0.25) is 9.48 Å². The number of hydrogen-bond acceptors (Lipinski definition) is 3. The highest BCUT2D eigenvalue weighted by Gasteiger charge is 2.19. The molecule has 1 aliphatic rings. The van der Waals surface area contributed by atoms with Gasteiger partial charge in [0.2, 0.25) is 0 Å². The number of piperidine rings is 1. The van der Waals surface area contributed by atoms with Gasteiger partial charge in [0.1, 0.15) is 5.69 Å². The standard InChI is InChI=1S/C13H22N4O/c1-9(2)12-8-11(16-17(12)3)13(18)15-10-4-6-14-7-5-10/h8-10,14H,4-7H2,1-3H3,(H,15,18). The third-order valence-electron chi connectivity index (χ3n) is 3.41. The molecule has 1 amide bonds. The number of hydrogen-bond donors (Lipinski definition) is 2. The van der Waals surface area contributed by atoms with E-state index < -0.39 is 0 Å². The van der Waals surface area contributed by atoms with E-state index in [-0.39, 0.29) is 11.9 Å². The van der Waals surface area contributed by atoms with Crippen LogP contribution in [0.2, 0.25) is 0 Å². The van der Waals surface area contributed by atoms with Crippen LogP contribution < -0.4 is 10.6 Å². The second kappa shape index (κ2) is 5.52. The van der Waals surface area contributed by atoms with E-state index in [4.69, 9.17) is 0 Å². The quantitative estimate of drug-likeness (QED) is 0.842. The van der Waals surface area contributed by atoms with Crippen molar-refractivity contribution in [1.29, 1.82) is 0 Å². The molecule has 1 aliphatic heterocycles. The first-order chi connectivity index (χ1) is 8.58. The Balaban J connectivity index is 2.02. The molecule has 18 heavy (non-hydrogen) atoms. The van der Waals surface area contributed by atoms with Crippen LogP contribution in [0.15, 0.2) is 6.07 Å². The third kappa shape index (κ3) is 2.90. The molecular weight excluding hydrogens is 228 g/mol. The molecule has 0 aliphatic carbocycles. The molecule has 0 spiro atoms. The van der Waals surface area contributed by atoms with Crippen LogP contribution in [0.3, 0.4) is 0 Å². The topological polar surface area (TPSA) is 59.0 Å². The summed E-state index contributed by atoms with van der Waals surface area (Å²) in [6.07, 6.45) is 1.99. The highest BCUT2D eigenvalue weighted by atomic mass is 16.2. The maximum absolute atomic E-state index is 12.1. The Morgan fingerprint density at radius 3 is 2.72 bits per heavy atom. The molecule has 1 aromatic rings. The first-order valence-electron chi connectivity index (χ1n) is 6.63. The number of amides is 1. The van der Waals surface area contributed by atoms with Gasteiger partial charge in [-0.2, -0.15) is 5.10 Å². The summed E-state index contributed by atoms with van der Waals surface area (Å²) in [6, 6.07) is 2.17. The van der Waals surface area contributed by atoms with E-state index in [9.17, 15) is 4.79 Å². The fraction of sp³-hybridized carbons (Fsp3) is 0.692. The molecule has 1 fully saturated rings. The van der Waals surface area contributed by atoms with Gasteiger partial charge in [0.05, 0.1) is 0 Å². The van der Waals surface area contributed by atoms with E-state index in [1.165, 1.54) is 0 Å². The Morgan fingerprint density at radius 1 is 1.50 bits per heavy atom. The van der Waals surface area contributed by atoms with Crippen molar-refractivity contribution in [2.24, 2.45) is 7.05 Å². The van der Waals surface area contributed by atoms with Gasteiger partial charge in [-0.25, -0.2) is 0 Å². The van der Waals surface area contributed by atoms with Crippen LogP contribution in [-0.4, -0.2) is 34.8 Å². The van der Waals surface area contributed by atoms with Gasteiger partial charge in [0.15, 0.2) is 0 Å². The van der Waals surface area contributed by atoms with Gasteiger partial charge in [-0.1, -0.05) is 13.8 Å². The zero-order valence-electron chi connectivity index (χ0n) is 11.4. The van der Waals surface area contributed by atoms with E-state index in [2.05, 4.69) is 29.6 Å². The van der Waals surface area contributed by atoms with Crippen molar-refractivity contribution in [2.75, 3.05) is 13.1 Å². The van der Waals surface area contributed by atoms with E-state index in [0.29, 0.717) is 11.6 Å². The van der Waals surface area contributed by atoms with Crippen molar-refractivity contribution in [3.05, 3.63) is 17.5 Å². The number of carbonyl (C=O) groups excluding carboxylic acids is 1. The van der Waals surface area contributed by atoms with E-state index in [0.717, 1.165) is 31.6 Å². The van der Waals surface area contributed by atoms with Gasteiger partial charge in [0, 0.05) is 18.8 Å². The van der Waals surface area contributed by atoms with Gasteiger partial charge in [-0.05, 0) is 37.9 Å². The normalized spacial score (nSPS) is 17.1.